The van der Waals surface area contributed by atoms with E-state index in [-0.39, 0.29) is 18.0 Å². The van der Waals surface area contributed by atoms with Gasteiger partial charge in [-0.05, 0) is 49.6 Å². The molecule has 0 bridgehead atoms. The summed E-state index contributed by atoms with van der Waals surface area (Å²) in [5, 5.41) is 8.66. The van der Waals surface area contributed by atoms with Crippen molar-refractivity contribution < 1.29 is 4.79 Å². The molecule has 6 heteroatoms. The van der Waals surface area contributed by atoms with E-state index in [4.69, 9.17) is 0 Å². The molecule has 0 atom stereocenters. The van der Waals surface area contributed by atoms with Crippen LogP contribution in [-0.4, -0.2) is 20.3 Å². The van der Waals surface area contributed by atoms with Crippen LogP contribution in [0, 0.1) is 13.8 Å². The number of anilines is 1. The summed E-state index contributed by atoms with van der Waals surface area (Å²) in [5.74, 6) is 0.302. The number of carbonyl (C=O) groups is 1. The van der Waals surface area contributed by atoms with Gasteiger partial charge in [0.25, 0.3) is 5.56 Å². The fraction of sp³-hybridized carbons (Fsp3) is 0.240. The number of benzene rings is 2. The largest absolute Gasteiger partial charge is 0.338 e. The first-order chi connectivity index (χ1) is 14.9. The molecule has 2 aromatic carbocycles. The molecule has 0 fully saturated rings. The zero-order valence-electron chi connectivity index (χ0n) is 18.2. The summed E-state index contributed by atoms with van der Waals surface area (Å²) in [6.07, 6.45) is 1.70. The van der Waals surface area contributed by atoms with Crippen molar-refractivity contribution in [2.45, 2.75) is 40.2 Å². The van der Waals surface area contributed by atoms with Gasteiger partial charge in [0.05, 0.1) is 17.3 Å². The average molecular weight is 415 g/mol. The van der Waals surface area contributed by atoms with Gasteiger partial charge in [0.1, 0.15) is 6.54 Å². The Balaban J connectivity index is 1.64. The predicted octanol–water partition coefficient (Wildman–Crippen LogP) is 4.57. The maximum atomic E-state index is 13.2. The van der Waals surface area contributed by atoms with Crippen LogP contribution in [0.5, 0.6) is 0 Å². The van der Waals surface area contributed by atoms with Crippen molar-refractivity contribution >= 4 is 22.4 Å². The molecule has 0 saturated heterocycles. The number of hydrogen-bond acceptors (Lipinski definition) is 3. The number of fused-ring (bicyclic) bond motifs is 1. The second kappa shape index (κ2) is 8.22. The Morgan fingerprint density at radius 2 is 1.68 bits per heavy atom. The minimum atomic E-state index is -0.187. The van der Waals surface area contributed by atoms with Crippen LogP contribution in [0.15, 0.2) is 65.6 Å². The Hall–Kier alpha value is -3.67. The summed E-state index contributed by atoms with van der Waals surface area (Å²) in [4.78, 5) is 25.9. The molecule has 0 radical (unpaired) electrons. The molecule has 2 aromatic heterocycles. The SMILES string of the molecule is Cc1c2cnn(-c3ccccc3)c(=O)c2c(C)n1CC(=O)Nc1ccc(C(C)C)cc1. The molecule has 0 aliphatic rings. The third-order valence-corrected chi connectivity index (χ3v) is 5.70. The van der Waals surface area contributed by atoms with Crippen molar-refractivity contribution in [3.63, 3.8) is 0 Å². The van der Waals surface area contributed by atoms with E-state index in [1.807, 2.05) is 73.0 Å². The first-order valence-corrected chi connectivity index (χ1v) is 10.4. The lowest BCUT2D eigenvalue weighted by Gasteiger charge is -2.11. The Labute approximate surface area is 181 Å². The van der Waals surface area contributed by atoms with Gasteiger partial charge in [-0.1, -0.05) is 44.2 Å². The lowest BCUT2D eigenvalue weighted by atomic mass is 10.0. The summed E-state index contributed by atoms with van der Waals surface area (Å²) in [6.45, 7) is 8.18. The van der Waals surface area contributed by atoms with Crippen molar-refractivity contribution in [1.29, 1.82) is 0 Å². The van der Waals surface area contributed by atoms with Crippen LogP contribution in [0.3, 0.4) is 0 Å². The molecule has 0 saturated carbocycles. The molecule has 4 aromatic rings. The molecule has 1 N–H and O–H groups in total. The molecule has 31 heavy (non-hydrogen) atoms. The number of hydrogen-bond donors (Lipinski definition) is 1. The van der Waals surface area contributed by atoms with Crippen molar-refractivity contribution in [2.24, 2.45) is 0 Å². The van der Waals surface area contributed by atoms with E-state index in [0.29, 0.717) is 17.0 Å². The summed E-state index contributed by atoms with van der Waals surface area (Å²) in [7, 11) is 0. The number of amides is 1. The first kappa shape index (κ1) is 20.6. The highest BCUT2D eigenvalue weighted by molar-refractivity contribution is 5.92. The summed E-state index contributed by atoms with van der Waals surface area (Å²) >= 11 is 0. The maximum absolute atomic E-state index is 13.2. The molecular weight excluding hydrogens is 388 g/mol. The molecule has 0 aliphatic carbocycles. The third kappa shape index (κ3) is 3.89. The fourth-order valence-corrected chi connectivity index (χ4v) is 3.90. The van der Waals surface area contributed by atoms with Gasteiger partial charge in [-0.3, -0.25) is 9.59 Å². The van der Waals surface area contributed by atoms with Gasteiger partial charge >= 0.3 is 0 Å². The second-order valence-corrected chi connectivity index (χ2v) is 8.07. The Morgan fingerprint density at radius 3 is 2.32 bits per heavy atom. The molecule has 6 nitrogen and oxygen atoms in total. The number of rotatable bonds is 5. The smallest absolute Gasteiger partial charge is 0.281 e. The predicted molar refractivity (Wildman–Crippen MR) is 124 cm³/mol. The third-order valence-electron chi connectivity index (χ3n) is 5.70. The van der Waals surface area contributed by atoms with Crippen LogP contribution in [0.2, 0.25) is 0 Å². The Bertz CT molecular complexity index is 1300. The minimum Gasteiger partial charge on any atom is -0.338 e. The summed E-state index contributed by atoms with van der Waals surface area (Å²) < 4.78 is 3.27. The number of nitrogens with zero attached hydrogens (tertiary/aromatic N) is 3. The minimum absolute atomic E-state index is 0.128. The Kier molecular flexibility index (Phi) is 5.46. The zero-order chi connectivity index (χ0) is 22.1. The highest BCUT2D eigenvalue weighted by atomic mass is 16.2. The highest BCUT2D eigenvalue weighted by Gasteiger charge is 2.18. The monoisotopic (exact) mass is 414 g/mol. The second-order valence-electron chi connectivity index (χ2n) is 8.07. The molecule has 0 spiro atoms. The van der Waals surface area contributed by atoms with E-state index in [0.717, 1.165) is 22.5 Å². The molecule has 4 rings (SSSR count). The summed E-state index contributed by atoms with van der Waals surface area (Å²) in [5.41, 5.74) is 4.12. The van der Waals surface area contributed by atoms with E-state index < -0.39 is 0 Å². The number of para-hydroxylation sites is 1. The summed E-state index contributed by atoms with van der Waals surface area (Å²) in [6, 6.07) is 17.2. The lowest BCUT2D eigenvalue weighted by Crippen LogP contribution is -2.22. The van der Waals surface area contributed by atoms with Gasteiger partial charge in [0, 0.05) is 22.5 Å². The van der Waals surface area contributed by atoms with Crippen LogP contribution in [0.25, 0.3) is 16.5 Å². The standard InChI is InChI=1S/C25H26N4O2/c1-16(2)19-10-12-20(13-11-19)27-23(30)15-28-17(3)22-14-26-29(21-8-6-5-7-9-21)25(31)24(22)18(28)4/h5-14,16H,15H2,1-4H3,(H,27,30). The molecule has 0 aliphatic heterocycles. The quantitative estimate of drug-likeness (QED) is 0.520. The van der Waals surface area contributed by atoms with Crippen LogP contribution in [-0.2, 0) is 11.3 Å². The highest BCUT2D eigenvalue weighted by Crippen LogP contribution is 2.23. The van der Waals surface area contributed by atoms with Gasteiger partial charge in [-0.15, -0.1) is 0 Å². The van der Waals surface area contributed by atoms with E-state index in [9.17, 15) is 9.59 Å². The van der Waals surface area contributed by atoms with Gasteiger partial charge in [-0.2, -0.15) is 9.78 Å². The van der Waals surface area contributed by atoms with Crippen molar-refractivity contribution in [2.75, 3.05) is 5.32 Å². The fourth-order valence-electron chi connectivity index (χ4n) is 3.90. The maximum Gasteiger partial charge on any atom is 0.281 e. The van der Waals surface area contributed by atoms with E-state index in [1.165, 1.54) is 10.2 Å². The molecule has 158 valence electrons. The van der Waals surface area contributed by atoms with E-state index in [1.54, 1.807) is 6.20 Å². The molecule has 2 heterocycles. The normalized spacial score (nSPS) is 11.3. The molecule has 0 unspecified atom stereocenters. The molecule has 1 amide bonds. The number of aromatic nitrogens is 3. The van der Waals surface area contributed by atoms with Crippen LogP contribution < -0.4 is 10.9 Å². The van der Waals surface area contributed by atoms with E-state index in [2.05, 4.69) is 24.3 Å². The number of carbonyl (C=O) groups excluding carboxylic acids is 1. The van der Waals surface area contributed by atoms with Crippen molar-refractivity contribution in [3.8, 4) is 5.69 Å². The number of aryl methyl sites for hydroxylation is 2. The zero-order valence-corrected chi connectivity index (χ0v) is 18.2. The van der Waals surface area contributed by atoms with Crippen molar-refractivity contribution in [3.05, 3.63) is 88.1 Å². The van der Waals surface area contributed by atoms with Crippen LogP contribution >= 0.6 is 0 Å². The van der Waals surface area contributed by atoms with Gasteiger partial charge in [-0.25, -0.2) is 0 Å². The lowest BCUT2D eigenvalue weighted by molar-refractivity contribution is -0.116. The van der Waals surface area contributed by atoms with Crippen molar-refractivity contribution in [1.82, 2.24) is 14.3 Å². The van der Waals surface area contributed by atoms with Crippen LogP contribution in [0.4, 0.5) is 5.69 Å². The first-order valence-electron chi connectivity index (χ1n) is 10.4. The topological polar surface area (TPSA) is 68.9 Å². The van der Waals surface area contributed by atoms with Gasteiger partial charge < -0.3 is 9.88 Å². The number of nitrogens with one attached hydrogen (secondary N) is 1. The van der Waals surface area contributed by atoms with Crippen LogP contribution in [0.1, 0.15) is 36.7 Å². The van der Waals surface area contributed by atoms with Gasteiger partial charge in [0.15, 0.2) is 0 Å². The average Bonchev–Trinajstić information content (AvgIpc) is 3.00. The molecular formula is C25H26N4O2. The van der Waals surface area contributed by atoms with E-state index >= 15 is 0 Å². The van der Waals surface area contributed by atoms with Gasteiger partial charge in [0.2, 0.25) is 5.91 Å². The Morgan fingerprint density at radius 1 is 1.00 bits per heavy atom.